The Morgan fingerprint density at radius 3 is 2.50 bits per heavy atom. The third-order valence-electron chi connectivity index (χ3n) is 3.24. The van der Waals surface area contributed by atoms with Crippen molar-refractivity contribution >= 4 is 49.1 Å². The molecule has 24 heavy (non-hydrogen) atoms. The predicted molar refractivity (Wildman–Crippen MR) is 98.5 cm³/mol. The van der Waals surface area contributed by atoms with Crippen LogP contribution in [-0.4, -0.2) is 17.4 Å². The lowest BCUT2D eigenvalue weighted by molar-refractivity contribution is -0.384. The minimum atomic E-state index is -0.477. The average molecular weight is 458 g/mol. The highest BCUT2D eigenvalue weighted by Gasteiger charge is 2.12. The zero-order valence-corrected chi connectivity index (χ0v) is 16.1. The molecule has 1 amide bonds. The van der Waals surface area contributed by atoms with E-state index in [1.165, 1.54) is 18.2 Å². The van der Waals surface area contributed by atoms with E-state index in [0.717, 1.165) is 14.5 Å². The monoisotopic (exact) mass is 456 g/mol. The SMILES string of the molecule is Cc1cc([N+](=O)[O-])ccc1NC(=O)COc1c(C)cc(Br)cc1Br. The number of carbonyl (C=O) groups excluding carboxylic acids is 1. The summed E-state index contributed by atoms with van der Waals surface area (Å²) < 4.78 is 7.22. The summed E-state index contributed by atoms with van der Waals surface area (Å²) in [5.41, 5.74) is 1.99. The summed E-state index contributed by atoms with van der Waals surface area (Å²) in [5.74, 6) is 0.245. The number of nitro benzene ring substituents is 1. The Bertz CT molecular complexity index is 786. The van der Waals surface area contributed by atoms with Crippen LogP contribution >= 0.6 is 31.9 Å². The number of hydrogen-bond donors (Lipinski definition) is 1. The van der Waals surface area contributed by atoms with Gasteiger partial charge >= 0.3 is 0 Å². The van der Waals surface area contributed by atoms with Gasteiger partial charge in [-0.3, -0.25) is 14.9 Å². The summed E-state index contributed by atoms with van der Waals surface area (Å²) in [6.07, 6.45) is 0. The predicted octanol–water partition coefficient (Wildman–Crippen LogP) is 4.75. The first-order chi connectivity index (χ1) is 11.3. The van der Waals surface area contributed by atoms with Gasteiger partial charge in [-0.2, -0.15) is 0 Å². The Hall–Kier alpha value is -1.93. The lowest BCUT2D eigenvalue weighted by Crippen LogP contribution is -2.21. The summed E-state index contributed by atoms with van der Waals surface area (Å²) in [6, 6.07) is 7.98. The second kappa shape index (κ2) is 7.76. The summed E-state index contributed by atoms with van der Waals surface area (Å²) >= 11 is 6.78. The van der Waals surface area contributed by atoms with Gasteiger partial charge in [0.1, 0.15) is 5.75 Å². The van der Waals surface area contributed by atoms with Crippen LogP contribution in [0.1, 0.15) is 11.1 Å². The van der Waals surface area contributed by atoms with Crippen LogP contribution in [0.25, 0.3) is 0 Å². The lowest BCUT2D eigenvalue weighted by atomic mass is 10.2. The van der Waals surface area contributed by atoms with Gasteiger partial charge in [0.15, 0.2) is 6.61 Å². The third kappa shape index (κ3) is 4.55. The first-order valence-corrected chi connectivity index (χ1v) is 8.50. The normalized spacial score (nSPS) is 10.3. The van der Waals surface area contributed by atoms with E-state index in [9.17, 15) is 14.9 Å². The minimum absolute atomic E-state index is 0.0174. The summed E-state index contributed by atoms with van der Waals surface area (Å²) in [5, 5.41) is 13.4. The third-order valence-corrected chi connectivity index (χ3v) is 4.28. The van der Waals surface area contributed by atoms with Crippen molar-refractivity contribution in [1.29, 1.82) is 0 Å². The van der Waals surface area contributed by atoms with E-state index in [-0.39, 0.29) is 18.2 Å². The quantitative estimate of drug-likeness (QED) is 0.518. The van der Waals surface area contributed by atoms with Crippen molar-refractivity contribution < 1.29 is 14.5 Å². The van der Waals surface area contributed by atoms with Gasteiger partial charge in [0.25, 0.3) is 11.6 Å². The zero-order valence-electron chi connectivity index (χ0n) is 12.9. The lowest BCUT2D eigenvalue weighted by Gasteiger charge is -2.12. The van der Waals surface area contributed by atoms with E-state index in [1.54, 1.807) is 6.92 Å². The zero-order chi connectivity index (χ0) is 17.9. The molecule has 0 bridgehead atoms. The topological polar surface area (TPSA) is 81.5 Å². The fourth-order valence-electron chi connectivity index (χ4n) is 2.10. The number of amides is 1. The second-order valence-electron chi connectivity index (χ2n) is 5.13. The van der Waals surface area contributed by atoms with E-state index >= 15 is 0 Å². The molecule has 0 aromatic heterocycles. The number of nitrogens with zero attached hydrogens (tertiary/aromatic N) is 1. The Kier molecular flexibility index (Phi) is 5.95. The molecule has 1 N–H and O–H groups in total. The standard InChI is InChI=1S/C16H14Br2N2O4/c1-9-6-12(20(22)23)3-4-14(9)19-15(21)8-24-16-10(2)5-11(17)7-13(16)18/h3-7H,8H2,1-2H3,(H,19,21). The van der Waals surface area contributed by atoms with Crippen LogP contribution < -0.4 is 10.1 Å². The Labute approximate surface area is 155 Å². The van der Waals surface area contributed by atoms with E-state index in [0.29, 0.717) is 17.0 Å². The maximum Gasteiger partial charge on any atom is 0.269 e. The Morgan fingerprint density at radius 1 is 1.21 bits per heavy atom. The number of nitro groups is 1. The molecule has 0 spiro atoms. The summed E-state index contributed by atoms with van der Waals surface area (Å²) in [4.78, 5) is 22.3. The molecule has 0 unspecified atom stereocenters. The number of nitrogens with one attached hydrogen (secondary N) is 1. The van der Waals surface area contributed by atoms with E-state index in [1.807, 2.05) is 19.1 Å². The maximum atomic E-state index is 12.1. The van der Waals surface area contributed by atoms with Crippen LogP contribution in [0.2, 0.25) is 0 Å². The molecule has 0 aliphatic rings. The Balaban J connectivity index is 2.03. The fourth-order valence-corrected chi connectivity index (χ4v) is 3.65. The molecule has 6 nitrogen and oxygen atoms in total. The molecule has 0 aliphatic carbocycles. The molecular weight excluding hydrogens is 444 g/mol. The molecule has 0 saturated heterocycles. The smallest absolute Gasteiger partial charge is 0.269 e. The molecule has 2 rings (SSSR count). The number of benzene rings is 2. The largest absolute Gasteiger partial charge is 0.482 e. The number of halogens is 2. The van der Waals surface area contributed by atoms with Gasteiger partial charge in [-0.05, 0) is 59.1 Å². The fraction of sp³-hybridized carbons (Fsp3) is 0.188. The number of non-ortho nitro benzene ring substituents is 1. The van der Waals surface area contributed by atoms with E-state index < -0.39 is 4.92 Å². The van der Waals surface area contributed by atoms with Crippen molar-refractivity contribution in [2.75, 3.05) is 11.9 Å². The van der Waals surface area contributed by atoms with Crippen LogP contribution in [0.15, 0.2) is 39.3 Å². The molecular formula is C16H14Br2N2O4. The van der Waals surface area contributed by atoms with Crippen molar-refractivity contribution in [3.8, 4) is 5.75 Å². The molecule has 8 heteroatoms. The summed E-state index contributed by atoms with van der Waals surface area (Å²) in [6.45, 7) is 3.40. The first kappa shape index (κ1) is 18.4. The van der Waals surface area contributed by atoms with Crippen LogP contribution in [-0.2, 0) is 4.79 Å². The molecule has 2 aromatic rings. The number of aryl methyl sites for hydroxylation is 2. The highest BCUT2D eigenvalue weighted by atomic mass is 79.9. The molecule has 0 heterocycles. The van der Waals surface area contributed by atoms with E-state index in [2.05, 4.69) is 37.2 Å². The van der Waals surface area contributed by atoms with Gasteiger partial charge in [0.05, 0.1) is 9.40 Å². The second-order valence-corrected chi connectivity index (χ2v) is 6.90. The highest BCUT2D eigenvalue weighted by Crippen LogP contribution is 2.32. The van der Waals surface area contributed by atoms with Gasteiger partial charge in [-0.25, -0.2) is 0 Å². The first-order valence-electron chi connectivity index (χ1n) is 6.91. The molecule has 0 radical (unpaired) electrons. The van der Waals surface area contributed by atoms with Crippen molar-refractivity contribution in [3.05, 3.63) is 60.5 Å². The molecule has 126 valence electrons. The molecule has 0 aliphatic heterocycles. The average Bonchev–Trinajstić information content (AvgIpc) is 2.48. The van der Waals surface area contributed by atoms with Crippen molar-refractivity contribution in [3.63, 3.8) is 0 Å². The molecule has 0 fully saturated rings. The van der Waals surface area contributed by atoms with Crippen LogP contribution in [0.3, 0.4) is 0 Å². The Morgan fingerprint density at radius 2 is 1.92 bits per heavy atom. The maximum absolute atomic E-state index is 12.1. The summed E-state index contributed by atoms with van der Waals surface area (Å²) in [7, 11) is 0. The van der Waals surface area contributed by atoms with Gasteiger partial charge in [0.2, 0.25) is 0 Å². The van der Waals surface area contributed by atoms with Crippen molar-refractivity contribution in [1.82, 2.24) is 0 Å². The van der Waals surface area contributed by atoms with Crippen molar-refractivity contribution in [2.45, 2.75) is 13.8 Å². The number of anilines is 1. The van der Waals surface area contributed by atoms with Crippen LogP contribution in [0.4, 0.5) is 11.4 Å². The van der Waals surface area contributed by atoms with E-state index in [4.69, 9.17) is 4.74 Å². The van der Waals surface area contributed by atoms with Gasteiger partial charge < -0.3 is 10.1 Å². The van der Waals surface area contributed by atoms with Gasteiger partial charge in [-0.1, -0.05) is 15.9 Å². The number of hydrogen-bond acceptors (Lipinski definition) is 4. The number of ether oxygens (including phenoxy) is 1. The van der Waals surface area contributed by atoms with Crippen LogP contribution in [0.5, 0.6) is 5.75 Å². The van der Waals surface area contributed by atoms with Crippen molar-refractivity contribution in [2.24, 2.45) is 0 Å². The minimum Gasteiger partial charge on any atom is -0.482 e. The molecule has 2 aromatic carbocycles. The molecule has 0 atom stereocenters. The number of carbonyl (C=O) groups is 1. The number of rotatable bonds is 5. The van der Waals surface area contributed by atoms with Crippen LogP contribution in [0, 0.1) is 24.0 Å². The molecule has 0 saturated carbocycles. The van der Waals surface area contributed by atoms with Gasteiger partial charge in [-0.15, -0.1) is 0 Å². The van der Waals surface area contributed by atoms with Gasteiger partial charge in [0, 0.05) is 22.3 Å². The highest BCUT2D eigenvalue weighted by molar-refractivity contribution is 9.11.